The summed E-state index contributed by atoms with van der Waals surface area (Å²) < 4.78 is 10.5. The molecular weight excluding hydrogens is 318 g/mol. The van der Waals surface area contributed by atoms with Gasteiger partial charge in [0.15, 0.2) is 12.4 Å². The highest BCUT2D eigenvalue weighted by molar-refractivity contribution is 5.92. The van der Waals surface area contributed by atoms with Crippen molar-refractivity contribution in [3.63, 3.8) is 0 Å². The van der Waals surface area contributed by atoms with E-state index < -0.39 is 0 Å². The standard InChI is InChI=1S/C19H19N3O3/c1-13-3-9-17(10-4-13)24-12-19(23)21-16-7-5-15(6-8-16)20-18-11-14(2)25-22-18/h3-11H,12H2,1-2H3,(H,20,22)(H,21,23). The van der Waals surface area contributed by atoms with Crippen LogP contribution in [0.4, 0.5) is 17.2 Å². The van der Waals surface area contributed by atoms with Crippen LogP contribution >= 0.6 is 0 Å². The zero-order valence-corrected chi connectivity index (χ0v) is 14.1. The Hall–Kier alpha value is -3.28. The van der Waals surface area contributed by atoms with Gasteiger partial charge in [0.25, 0.3) is 5.91 Å². The monoisotopic (exact) mass is 337 g/mol. The largest absolute Gasteiger partial charge is 0.484 e. The van der Waals surface area contributed by atoms with Gasteiger partial charge in [-0.05, 0) is 50.2 Å². The Labute approximate surface area is 145 Å². The quantitative estimate of drug-likeness (QED) is 0.709. The second-order valence-corrected chi connectivity index (χ2v) is 5.68. The highest BCUT2D eigenvalue weighted by Gasteiger charge is 2.05. The molecule has 0 saturated heterocycles. The maximum Gasteiger partial charge on any atom is 0.262 e. The number of amides is 1. The molecule has 1 amide bonds. The number of benzene rings is 2. The maximum absolute atomic E-state index is 12.0. The molecule has 0 radical (unpaired) electrons. The molecule has 0 aliphatic rings. The van der Waals surface area contributed by atoms with Crippen molar-refractivity contribution in [3.05, 3.63) is 65.9 Å². The van der Waals surface area contributed by atoms with E-state index in [1.807, 2.05) is 50.2 Å². The molecule has 6 heteroatoms. The van der Waals surface area contributed by atoms with E-state index in [1.54, 1.807) is 18.2 Å². The van der Waals surface area contributed by atoms with Crippen LogP contribution in [0, 0.1) is 13.8 Å². The molecule has 1 heterocycles. The molecule has 0 fully saturated rings. The highest BCUT2D eigenvalue weighted by Crippen LogP contribution is 2.19. The average Bonchev–Trinajstić information content (AvgIpc) is 3.01. The lowest BCUT2D eigenvalue weighted by Crippen LogP contribution is -2.20. The molecule has 0 unspecified atom stereocenters. The Morgan fingerprint density at radius 1 is 1.04 bits per heavy atom. The molecule has 0 bridgehead atoms. The number of nitrogens with one attached hydrogen (secondary N) is 2. The van der Waals surface area contributed by atoms with Crippen LogP contribution in [0.5, 0.6) is 5.75 Å². The summed E-state index contributed by atoms with van der Waals surface area (Å²) in [6.45, 7) is 3.79. The summed E-state index contributed by atoms with van der Waals surface area (Å²) >= 11 is 0. The highest BCUT2D eigenvalue weighted by atomic mass is 16.5. The third kappa shape index (κ3) is 4.84. The van der Waals surface area contributed by atoms with Gasteiger partial charge in [0.2, 0.25) is 0 Å². The Kier molecular flexibility index (Phi) is 4.99. The summed E-state index contributed by atoms with van der Waals surface area (Å²) in [4.78, 5) is 12.0. The van der Waals surface area contributed by atoms with Gasteiger partial charge in [-0.15, -0.1) is 0 Å². The second kappa shape index (κ2) is 7.53. The lowest BCUT2D eigenvalue weighted by atomic mass is 10.2. The first-order chi connectivity index (χ1) is 12.1. The number of rotatable bonds is 6. The van der Waals surface area contributed by atoms with Crippen molar-refractivity contribution >= 4 is 23.1 Å². The van der Waals surface area contributed by atoms with E-state index >= 15 is 0 Å². The second-order valence-electron chi connectivity index (χ2n) is 5.68. The van der Waals surface area contributed by atoms with Gasteiger partial charge in [0.1, 0.15) is 11.5 Å². The van der Waals surface area contributed by atoms with Crippen molar-refractivity contribution in [1.29, 1.82) is 0 Å². The van der Waals surface area contributed by atoms with E-state index in [4.69, 9.17) is 9.26 Å². The first-order valence-corrected chi connectivity index (χ1v) is 7.88. The van der Waals surface area contributed by atoms with Crippen molar-refractivity contribution in [2.45, 2.75) is 13.8 Å². The van der Waals surface area contributed by atoms with Crippen LogP contribution in [0.15, 0.2) is 59.1 Å². The number of anilines is 3. The van der Waals surface area contributed by atoms with Gasteiger partial charge in [-0.2, -0.15) is 0 Å². The molecule has 0 aliphatic carbocycles. The predicted octanol–water partition coefficient (Wildman–Crippen LogP) is 4.05. The van der Waals surface area contributed by atoms with Gasteiger partial charge in [0, 0.05) is 17.4 Å². The van der Waals surface area contributed by atoms with Gasteiger partial charge in [0.05, 0.1) is 0 Å². The smallest absolute Gasteiger partial charge is 0.262 e. The van der Waals surface area contributed by atoms with E-state index in [0.29, 0.717) is 17.3 Å². The fraction of sp³-hybridized carbons (Fsp3) is 0.158. The van der Waals surface area contributed by atoms with Crippen LogP contribution in [-0.2, 0) is 4.79 Å². The Balaban J connectivity index is 1.50. The number of aromatic nitrogens is 1. The van der Waals surface area contributed by atoms with Gasteiger partial charge in [-0.25, -0.2) is 0 Å². The van der Waals surface area contributed by atoms with Crippen LogP contribution in [0.1, 0.15) is 11.3 Å². The van der Waals surface area contributed by atoms with Gasteiger partial charge >= 0.3 is 0 Å². The fourth-order valence-electron chi connectivity index (χ4n) is 2.19. The summed E-state index contributed by atoms with van der Waals surface area (Å²) in [6, 6.07) is 16.7. The Bertz CT molecular complexity index is 839. The van der Waals surface area contributed by atoms with E-state index in [9.17, 15) is 4.79 Å². The zero-order chi connectivity index (χ0) is 17.6. The molecule has 3 aromatic rings. The molecule has 3 rings (SSSR count). The molecule has 2 N–H and O–H groups in total. The van der Waals surface area contributed by atoms with Crippen LogP contribution in [0.3, 0.4) is 0 Å². The lowest BCUT2D eigenvalue weighted by molar-refractivity contribution is -0.118. The summed E-state index contributed by atoms with van der Waals surface area (Å²) in [6.07, 6.45) is 0. The summed E-state index contributed by atoms with van der Waals surface area (Å²) in [5.41, 5.74) is 2.69. The molecule has 0 spiro atoms. The average molecular weight is 337 g/mol. The topological polar surface area (TPSA) is 76.4 Å². The SMILES string of the molecule is Cc1ccc(OCC(=O)Nc2ccc(Nc3cc(C)on3)cc2)cc1. The van der Waals surface area contributed by atoms with Crippen LogP contribution < -0.4 is 15.4 Å². The number of hydrogen-bond acceptors (Lipinski definition) is 5. The van der Waals surface area contributed by atoms with E-state index in [0.717, 1.165) is 17.0 Å². The van der Waals surface area contributed by atoms with Gasteiger partial charge in [-0.3, -0.25) is 4.79 Å². The molecule has 0 saturated carbocycles. The third-order valence-corrected chi connectivity index (χ3v) is 3.46. The molecule has 25 heavy (non-hydrogen) atoms. The molecule has 6 nitrogen and oxygen atoms in total. The minimum absolute atomic E-state index is 0.0404. The van der Waals surface area contributed by atoms with E-state index in [1.165, 1.54) is 0 Å². The summed E-state index contributed by atoms with van der Waals surface area (Å²) in [7, 11) is 0. The number of carbonyl (C=O) groups is 1. The number of hydrogen-bond donors (Lipinski definition) is 2. The molecule has 1 aromatic heterocycles. The zero-order valence-electron chi connectivity index (χ0n) is 14.1. The summed E-state index contributed by atoms with van der Waals surface area (Å²) in [5, 5.41) is 9.78. The number of aryl methyl sites for hydroxylation is 2. The van der Waals surface area contributed by atoms with E-state index in [-0.39, 0.29) is 12.5 Å². The van der Waals surface area contributed by atoms with Crippen molar-refractivity contribution in [1.82, 2.24) is 5.16 Å². The first-order valence-electron chi connectivity index (χ1n) is 7.88. The number of nitrogens with zero attached hydrogens (tertiary/aromatic N) is 1. The van der Waals surface area contributed by atoms with Crippen molar-refractivity contribution in [2.24, 2.45) is 0 Å². The molecular formula is C19H19N3O3. The van der Waals surface area contributed by atoms with Crippen molar-refractivity contribution in [3.8, 4) is 5.75 Å². The number of ether oxygens (including phenoxy) is 1. The molecule has 2 aromatic carbocycles. The number of carbonyl (C=O) groups excluding carboxylic acids is 1. The first kappa shape index (κ1) is 16.6. The van der Waals surface area contributed by atoms with Crippen LogP contribution in [0.25, 0.3) is 0 Å². The fourth-order valence-corrected chi connectivity index (χ4v) is 2.19. The van der Waals surface area contributed by atoms with Gasteiger partial charge in [-0.1, -0.05) is 22.9 Å². The van der Waals surface area contributed by atoms with Crippen molar-refractivity contribution < 1.29 is 14.1 Å². The van der Waals surface area contributed by atoms with E-state index in [2.05, 4.69) is 15.8 Å². The van der Waals surface area contributed by atoms with Gasteiger partial charge < -0.3 is 19.9 Å². The minimum Gasteiger partial charge on any atom is -0.484 e. The normalized spacial score (nSPS) is 10.3. The van der Waals surface area contributed by atoms with Crippen LogP contribution in [0.2, 0.25) is 0 Å². The van der Waals surface area contributed by atoms with Crippen molar-refractivity contribution in [2.75, 3.05) is 17.2 Å². The minimum atomic E-state index is -0.214. The Morgan fingerprint density at radius 3 is 2.36 bits per heavy atom. The Morgan fingerprint density at radius 2 is 1.72 bits per heavy atom. The lowest BCUT2D eigenvalue weighted by Gasteiger charge is -2.08. The molecule has 0 aliphatic heterocycles. The molecule has 0 atom stereocenters. The maximum atomic E-state index is 12.0. The van der Waals surface area contributed by atoms with Crippen LogP contribution in [-0.4, -0.2) is 17.7 Å². The summed E-state index contributed by atoms with van der Waals surface area (Å²) in [5.74, 6) is 1.83. The predicted molar refractivity (Wildman–Crippen MR) is 96.3 cm³/mol. The third-order valence-electron chi connectivity index (χ3n) is 3.46. The molecule has 128 valence electrons.